The van der Waals surface area contributed by atoms with E-state index in [4.69, 9.17) is 4.74 Å². The number of fused-ring (bicyclic) bond motifs is 1. The normalized spacial score (nSPS) is 16.7. The number of aliphatic carboxylic acids is 1. The SMILES string of the molecule is CCOC(=O)[C@H](CSCc1ccccc1)N[C@H]1CCc2ccccc2N(CC(=O)O)C1=O. The Morgan fingerprint density at radius 1 is 1.19 bits per heavy atom. The Bertz CT molecular complexity index is 937. The zero-order valence-corrected chi connectivity index (χ0v) is 18.8. The number of carbonyl (C=O) groups excluding carboxylic acids is 2. The second-order valence-corrected chi connectivity index (χ2v) is 8.54. The molecular formula is C24H28N2O5S. The molecule has 3 rings (SSSR count). The van der Waals surface area contributed by atoms with Gasteiger partial charge in [-0.1, -0.05) is 48.5 Å². The van der Waals surface area contributed by atoms with Gasteiger partial charge in [-0.3, -0.25) is 24.6 Å². The van der Waals surface area contributed by atoms with Crippen LogP contribution in [-0.2, 0) is 31.3 Å². The lowest BCUT2D eigenvalue weighted by Crippen LogP contribution is -2.53. The first-order valence-corrected chi connectivity index (χ1v) is 11.8. The summed E-state index contributed by atoms with van der Waals surface area (Å²) in [5.74, 6) is -0.682. The molecule has 0 radical (unpaired) electrons. The summed E-state index contributed by atoms with van der Waals surface area (Å²) in [4.78, 5) is 38.6. The van der Waals surface area contributed by atoms with Crippen LogP contribution in [0.5, 0.6) is 0 Å². The van der Waals surface area contributed by atoms with Crippen LogP contribution < -0.4 is 10.2 Å². The van der Waals surface area contributed by atoms with E-state index in [-0.39, 0.29) is 12.5 Å². The summed E-state index contributed by atoms with van der Waals surface area (Å²) < 4.78 is 5.23. The number of nitrogens with zero attached hydrogens (tertiary/aromatic N) is 1. The number of aryl methyl sites for hydroxylation is 1. The topological polar surface area (TPSA) is 95.9 Å². The van der Waals surface area contributed by atoms with Crippen molar-refractivity contribution in [2.45, 2.75) is 37.6 Å². The van der Waals surface area contributed by atoms with Crippen LogP contribution in [0, 0.1) is 0 Å². The van der Waals surface area contributed by atoms with Gasteiger partial charge in [0.25, 0.3) is 0 Å². The molecule has 1 aliphatic heterocycles. The van der Waals surface area contributed by atoms with Gasteiger partial charge in [0.2, 0.25) is 5.91 Å². The van der Waals surface area contributed by atoms with E-state index in [1.165, 1.54) is 4.90 Å². The predicted octanol–water partition coefficient (Wildman–Crippen LogP) is 2.87. The van der Waals surface area contributed by atoms with Gasteiger partial charge in [0.15, 0.2) is 0 Å². The molecule has 32 heavy (non-hydrogen) atoms. The van der Waals surface area contributed by atoms with Gasteiger partial charge in [-0.2, -0.15) is 11.8 Å². The molecule has 0 bridgehead atoms. The second-order valence-electron chi connectivity index (χ2n) is 7.51. The molecule has 0 unspecified atom stereocenters. The Morgan fingerprint density at radius 3 is 2.62 bits per heavy atom. The number of carbonyl (C=O) groups is 3. The molecule has 0 fully saturated rings. The summed E-state index contributed by atoms with van der Waals surface area (Å²) in [5.41, 5.74) is 2.67. The Hall–Kier alpha value is -2.84. The van der Waals surface area contributed by atoms with Gasteiger partial charge in [0, 0.05) is 17.2 Å². The average Bonchev–Trinajstić information content (AvgIpc) is 2.91. The van der Waals surface area contributed by atoms with Crippen LogP contribution in [0.4, 0.5) is 5.69 Å². The maximum Gasteiger partial charge on any atom is 0.324 e. The molecule has 170 valence electrons. The van der Waals surface area contributed by atoms with Crippen molar-refractivity contribution in [2.24, 2.45) is 0 Å². The van der Waals surface area contributed by atoms with Crippen molar-refractivity contribution in [1.82, 2.24) is 5.32 Å². The maximum absolute atomic E-state index is 13.3. The molecule has 2 aromatic rings. The standard InChI is InChI=1S/C24H28N2O5S/c1-2-31-24(30)20(16-32-15-17-8-4-3-5-9-17)25-19-13-12-18-10-6-7-11-21(18)26(23(19)29)14-22(27)28/h3-11,19-20,25H,2,12-16H2,1H3,(H,27,28)/t19-,20-/m0/s1. The number of thioether (sulfide) groups is 1. The minimum Gasteiger partial charge on any atom is -0.480 e. The van der Waals surface area contributed by atoms with Crippen molar-refractivity contribution in [3.8, 4) is 0 Å². The molecule has 1 amide bonds. The monoisotopic (exact) mass is 456 g/mol. The lowest BCUT2D eigenvalue weighted by atomic mass is 10.1. The highest BCUT2D eigenvalue weighted by atomic mass is 32.2. The molecule has 7 nitrogen and oxygen atoms in total. The van der Waals surface area contributed by atoms with E-state index in [9.17, 15) is 19.5 Å². The number of amides is 1. The Kier molecular flexibility index (Phi) is 8.70. The van der Waals surface area contributed by atoms with Crippen molar-refractivity contribution >= 4 is 35.3 Å². The Labute approximate surface area is 192 Å². The summed E-state index contributed by atoms with van der Waals surface area (Å²) in [6, 6.07) is 15.9. The smallest absolute Gasteiger partial charge is 0.324 e. The summed E-state index contributed by atoms with van der Waals surface area (Å²) in [7, 11) is 0. The summed E-state index contributed by atoms with van der Waals surface area (Å²) in [6.07, 6.45) is 1.06. The number of esters is 1. The first kappa shape index (κ1) is 23.8. The fourth-order valence-corrected chi connectivity index (χ4v) is 4.72. The number of benzene rings is 2. The molecule has 0 spiro atoms. The number of carboxylic acids is 1. The van der Waals surface area contributed by atoms with Crippen LogP contribution in [0.15, 0.2) is 54.6 Å². The maximum atomic E-state index is 13.3. The summed E-state index contributed by atoms with van der Waals surface area (Å²) in [6.45, 7) is 1.56. The molecule has 0 aliphatic carbocycles. The largest absolute Gasteiger partial charge is 0.480 e. The molecule has 8 heteroatoms. The Balaban J connectivity index is 1.74. The van der Waals surface area contributed by atoms with Crippen LogP contribution in [0.1, 0.15) is 24.5 Å². The van der Waals surface area contributed by atoms with E-state index in [0.29, 0.717) is 24.3 Å². The van der Waals surface area contributed by atoms with Crippen molar-refractivity contribution < 1.29 is 24.2 Å². The van der Waals surface area contributed by atoms with Crippen molar-refractivity contribution in [3.05, 3.63) is 65.7 Å². The van der Waals surface area contributed by atoms with E-state index in [0.717, 1.165) is 16.9 Å². The lowest BCUT2D eigenvalue weighted by Gasteiger charge is -2.27. The number of para-hydroxylation sites is 1. The van der Waals surface area contributed by atoms with Gasteiger partial charge in [0.05, 0.1) is 12.6 Å². The minimum absolute atomic E-state index is 0.246. The van der Waals surface area contributed by atoms with Crippen molar-refractivity contribution in [2.75, 3.05) is 23.8 Å². The van der Waals surface area contributed by atoms with Crippen molar-refractivity contribution in [1.29, 1.82) is 0 Å². The van der Waals surface area contributed by atoms with Crippen LogP contribution in [-0.4, -0.2) is 53.9 Å². The summed E-state index contributed by atoms with van der Waals surface area (Å²) in [5, 5.41) is 12.5. The highest BCUT2D eigenvalue weighted by molar-refractivity contribution is 7.98. The number of ether oxygens (including phenoxy) is 1. The predicted molar refractivity (Wildman–Crippen MR) is 125 cm³/mol. The number of nitrogens with one attached hydrogen (secondary N) is 1. The van der Waals surface area contributed by atoms with Gasteiger partial charge in [0.1, 0.15) is 12.6 Å². The number of anilines is 1. The zero-order chi connectivity index (χ0) is 22.9. The van der Waals surface area contributed by atoms with E-state index in [1.54, 1.807) is 30.8 Å². The van der Waals surface area contributed by atoms with Crippen LogP contribution in [0.25, 0.3) is 0 Å². The molecule has 0 saturated carbocycles. The molecule has 2 atom stereocenters. The first-order valence-electron chi connectivity index (χ1n) is 10.6. The van der Waals surface area contributed by atoms with Crippen LogP contribution in [0.2, 0.25) is 0 Å². The Morgan fingerprint density at radius 2 is 1.91 bits per heavy atom. The van der Waals surface area contributed by atoms with E-state index in [2.05, 4.69) is 5.32 Å². The highest BCUT2D eigenvalue weighted by Crippen LogP contribution is 2.27. The quantitative estimate of drug-likeness (QED) is 0.531. The fraction of sp³-hybridized carbons (Fsp3) is 0.375. The molecule has 1 aliphatic rings. The number of hydrogen-bond donors (Lipinski definition) is 2. The van der Waals surface area contributed by atoms with Crippen molar-refractivity contribution in [3.63, 3.8) is 0 Å². The average molecular weight is 457 g/mol. The molecule has 1 heterocycles. The first-order chi connectivity index (χ1) is 15.5. The number of hydrogen-bond acceptors (Lipinski definition) is 6. The van der Waals surface area contributed by atoms with E-state index < -0.39 is 30.6 Å². The van der Waals surface area contributed by atoms with Gasteiger partial charge in [-0.05, 0) is 37.0 Å². The third-order valence-corrected chi connectivity index (χ3v) is 6.32. The zero-order valence-electron chi connectivity index (χ0n) is 18.0. The van der Waals surface area contributed by atoms with E-state index in [1.807, 2.05) is 42.5 Å². The third kappa shape index (κ3) is 6.34. The molecule has 2 N–H and O–H groups in total. The fourth-order valence-electron chi connectivity index (χ4n) is 3.71. The lowest BCUT2D eigenvalue weighted by molar-refractivity contribution is -0.145. The van der Waals surface area contributed by atoms with Crippen LogP contribution in [0.3, 0.4) is 0 Å². The molecular weight excluding hydrogens is 428 g/mol. The number of carboxylic acid groups (broad SMARTS) is 1. The van der Waals surface area contributed by atoms with Crippen LogP contribution >= 0.6 is 11.8 Å². The molecule has 0 saturated heterocycles. The molecule has 2 aromatic carbocycles. The third-order valence-electron chi connectivity index (χ3n) is 5.21. The van der Waals surface area contributed by atoms with Gasteiger partial charge in [-0.15, -0.1) is 0 Å². The minimum atomic E-state index is -1.09. The number of rotatable bonds is 10. The van der Waals surface area contributed by atoms with E-state index >= 15 is 0 Å². The van der Waals surface area contributed by atoms with Gasteiger partial charge >= 0.3 is 11.9 Å². The van der Waals surface area contributed by atoms with Gasteiger partial charge < -0.3 is 9.84 Å². The second kappa shape index (κ2) is 11.7. The summed E-state index contributed by atoms with van der Waals surface area (Å²) >= 11 is 1.58. The van der Waals surface area contributed by atoms with Gasteiger partial charge in [-0.25, -0.2) is 0 Å². The highest BCUT2D eigenvalue weighted by Gasteiger charge is 2.34. The molecule has 0 aromatic heterocycles.